The highest BCUT2D eigenvalue weighted by atomic mass is 32.1. The van der Waals surface area contributed by atoms with Gasteiger partial charge in [0, 0.05) is 28.7 Å². The molecule has 39 heavy (non-hydrogen) atoms. The summed E-state index contributed by atoms with van der Waals surface area (Å²) < 4.78 is 8.27. The molecule has 6 heteroatoms. The molecular weight excluding hydrogens is 500 g/mol. The average molecular weight is 533 g/mol. The fourth-order valence-electron chi connectivity index (χ4n) is 5.77. The number of benzene rings is 3. The van der Waals surface area contributed by atoms with E-state index in [0.29, 0.717) is 5.11 Å². The molecule has 196 valence electrons. The third-order valence-corrected chi connectivity index (χ3v) is 7.70. The third-order valence-electron chi connectivity index (χ3n) is 7.38. The van der Waals surface area contributed by atoms with Crippen LogP contribution < -0.4 is 15.0 Å². The SMILES string of the molecule is Cc1cc(C2C(c3ccccn3)NC(=S)N2c2ccc(OC(C)C)cc2)c(C)n1-c1cccc2ccccc12. The second-order valence-electron chi connectivity index (χ2n) is 10.3. The van der Waals surface area contributed by atoms with Crippen molar-refractivity contribution in [2.24, 2.45) is 0 Å². The van der Waals surface area contributed by atoms with Crippen LogP contribution in [0.2, 0.25) is 0 Å². The molecule has 0 spiro atoms. The van der Waals surface area contributed by atoms with Gasteiger partial charge in [-0.1, -0.05) is 42.5 Å². The summed E-state index contributed by atoms with van der Waals surface area (Å²) in [7, 11) is 0. The van der Waals surface area contributed by atoms with Crippen LogP contribution in [0.1, 0.15) is 48.6 Å². The predicted octanol–water partition coefficient (Wildman–Crippen LogP) is 7.61. The summed E-state index contributed by atoms with van der Waals surface area (Å²) in [6.07, 6.45) is 1.96. The van der Waals surface area contributed by atoms with Gasteiger partial charge in [-0.2, -0.15) is 0 Å². The lowest BCUT2D eigenvalue weighted by molar-refractivity contribution is 0.242. The van der Waals surface area contributed by atoms with Crippen LogP contribution in [0.4, 0.5) is 5.69 Å². The average Bonchev–Trinajstić information content (AvgIpc) is 3.43. The van der Waals surface area contributed by atoms with Crippen LogP contribution in [-0.2, 0) is 0 Å². The molecule has 1 aliphatic rings. The third kappa shape index (κ3) is 4.55. The van der Waals surface area contributed by atoms with Crippen molar-refractivity contribution in [3.63, 3.8) is 0 Å². The van der Waals surface area contributed by atoms with Crippen molar-refractivity contribution in [3.05, 3.63) is 120 Å². The van der Waals surface area contributed by atoms with Gasteiger partial charge < -0.3 is 19.5 Å². The van der Waals surface area contributed by atoms with E-state index < -0.39 is 0 Å². The van der Waals surface area contributed by atoms with E-state index in [1.165, 1.54) is 33.4 Å². The van der Waals surface area contributed by atoms with E-state index >= 15 is 0 Å². The molecule has 3 heterocycles. The molecule has 2 atom stereocenters. The van der Waals surface area contributed by atoms with Crippen LogP contribution in [0.25, 0.3) is 16.5 Å². The highest BCUT2D eigenvalue weighted by molar-refractivity contribution is 7.80. The monoisotopic (exact) mass is 532 g/mol. The van der Waals surface area contributed by atoms with Gasteiger partial charge in [0.05, 0.1) is 29.6 Å². The Kier molecular flexibility index (Phi) is 6.57. The zero-order chi connectivity index (χ0) is 27.1. The Labute approximate surface area is 235 Å². The molecule has 1 saturated heterocycles. The first-order valence-corrected chi connectivity index (χ1v) is 13.8. The van der Waals surface area contributed by atoms with E-state index in [9.17, 15) is 0 Å². The number of fused-ring (bicyclic) bond motifs is 1. The summed E-state index contributed by atoms with van der Waals surface area (Å²) in [5, 5.41) is 6.73. The minimum Gasteiger partial charge on any atom is -0.491 e. The van der Waals surface area contributed by atoms with Gasteiger partial charge in [-0.25, -0.2) is 0 Å². The topological polar surface area (TPSA) is 42.3 Å². The fraction of sp³-hybridized carbons (Fsp3) is 0.212. The molecule has 3 aromatic carbocycles. The Morgan fingerprint density at radius 1 is 0.897 bits per heavy atom. The second-order valence-corrected chi connectivity index (χ2v) is 10.7. The van der Waals surface area contributed by atoms with Crippen molar-refractivity contribution in [2.45, 2.75) is 45.9 Å². The normalized spacial score (nSPS) is 17.2. The van der Waals surface area contributed by atoms with Gasteiger partial charge in [-0.15, -0.1) is 0 Å². The van der Waals surface area contributed by atoms with Crippen LogP contribution in [0.3, 0.4) is 0 Å². The molecule has 0 saturated carbocycles. The first-order valence-electron chi connectivity index (χ1n) is 13.4. The lowest BCUT2D eigenvalue weighted by atomic mass is 9.96. The Hall–Kier alpha value is -4.16. The number of nitrogens with one attached hydrogen (secondary N) is 1. The van der Waals surface area contributed by atoms with Crippen LogP contribution in [0, 0.1) is 13.8 Å². The van der Waals surface area contributed by atoms with Gasteiger partial charge in [0.25, 0.3) is 0 Å². The first-order chi connectivity index (χ1) is 18.9. The van der Waals surface area contributed by atoms with Crippen molar-refractivity contribution in [1.82, 2.24) is 14.9 Å². The smallest absolute Gasteiger partial charge is 0.174 e. The minimum atomic E-state index is -0.105. The number of aryl methyl sites for hydroxylation is 1. The van der Waals surface area contributed by atoms with Crippen molar-refractivity contribution in [1.29, 1.82) is 0 Å². The summed E-state index contributed by atoms with van der Waals surface area (Å²) in [6, 6.07) is 31.4. The van der Waals surface area contributed by atoms with E-state index in [-0.39, 0.29) is 18.2 Å². The molecule has 5 nitrogen and oxygen atoms in total. The second kappa shape index (κ2) is 10.2. The van der Waals surface area contributed by atoms with E-state index in [1.54, 1.807) is 0 Å². The van der Waals surface area contributed by atoms with Crippen LogP contribution in [0.5, 0.6) is 5.75 Å². The molecule has 6 rings (SSSR count). The van der Waals surface area contributed by atoms with Gasteiger partial charge in [-0.05, 0) is 99.4 Å². The number of hydrogen-bond donors (Lipinski definition) is 1. The molecule has 5 aromatic rings. The molecule has 2 aromatic heterocycles. The molecule has 0 amide bonds. The van der Waals surface area contributed by atoms with Gasteiger partial charge in [-0.3, -0.25) is 4.98 Å². The number of aromatic nitrogens is 2. The van der Waals surface area contributed by atoms with Gasteiger partial charge >= 0.3 is 0 Å². The molecule has 0 bridgehead atoms. The molecule has 1 N–H and O–H groups in total. The lowest BCUT2D eigenvalue weighted by Gasteiger charge is -2.28. The molecular formula is C33H32N4OS. The molecule has 2 unspecified atom stereocenters. The summed E-state index contributed by atoms with van der Waals surface area (Å²) in [6.45, 7) is 8.45. The minimum absolute atomic E-state index is 0.0841. The van der Waals surface area contributed by atoms with Gasteiger partial charge in [0.2, 0.25) is 0 Å². The van der Waals surface area contributed by atoms with Gasteiger partial charge in [0.15, 0.2) is 5.11 Å². The maximum Gasteiger partial charge on any atom is 0.174 e. The van der Waals surface area contributed by atoms with Crippen LogP contribution in [0.15, 0.2) is 97.2 Å². The Balaban J connectivity index is 1.50. The maximum absolute atomic E-state index is 5.97. The number of pyridine rings is 1. The van der Waals surface area contributed by atoms with E-state index in [0.717, 1.165) is 17.1 Å². The van der Waals surface area contributed by atoms with Gasteiger partial charge in [0.1, 0.15) is 5.75 Å². The Bertz CT molecular complexity index is 1640. The van der Waals surface area contributed by atoms with E-state index in [2.05, 4.69) is 95.4 Å². The molecule has 1 fully saturated rings. The summed E-state index contributed by atoms with van der Waals surface area (Å²) in [5.74, 6) is 0.846. The number of hydrogen-bond acceptors (Lipinski definition) is 3. The molecule has 0 aliphatic carbocycles. The fourth-order valence-corrected chi connectivity index (χ4v) is 6.11. The Morgan fingerprint density at radius 3 is 2.38 bits per heavy atom. The van der Waals surface area contributed by atoms with Crippen molar-refractivity contribution in [2.75, 3.05) is 4.90 Å². The predicted molar refractivity (Wildman–Crippen MR) is 163 cm³/mol. The maximum atomic E-state index is 5.97. The lowest BCUT2D eigenvalue weighted by Crippen LogP contribution is -2.29. The summed E-state index contributed by atoms with van der Waals surface area (Å²) in [4.78, 5) is 6.95. The zero-order valence-corrected chi connectivity index (χ0v) is 23.4. The quantitative estimate of drug-likeness (QED) is 0.228. The molecule has 0 radical (unpaired) electrons. The number of anilines is 1. The number of rotatable bonds is 6. The van der Waals surface area contributed by atoms with E-state index in [1.807, 2.05) is 44.3 Å². The van der Waals surface area contributed by atoms with Crippen molar-refractivity contribution in [3.8, 4) is 11.4 Å². The van der Waals surface area contributed by atoms with Crippen molar-refractivity contribution >= 4 is 33.8 Å². The summed E-state index contributed by atoms with van der Waals surface area (Å²) >= 11 is 5.97. The highest BCUT2D eigenvalue weighted by Gasteiger charge is 2.42. The number of nitrogens with zero attached hydrogens (tertiary/aromatic N) is 3. The van der Waals surface area contributed by atoms with Crippen molar-refractivity contribution < 1.29 is 4.74 Å². The van der Waals surface area contributed by atoms with Crippen LogP contribution in [-0.4, -0.2) is 20.8 Å². The zero-order valence-electron chi connectivity index (χ0n) is 22.6. The molecule has 1 aliphatic heterocycles. The number of thiocarbonyl (C=S) groups is 1. The Morgan fingerprint density at radius 2 is 1.64 bits per heavy atom. The largest absolute Gasteiger partial charge is 0.491 e. The standard InChI is InChI=1S/C33H32N4OS/c1-21(2)38-26-17-15-25(16-18-26)37-32(31(35-33(37)39)29-13-7-8-19-34-29)28-20-22(3)36(23(28)4)30-14-9-11-24-10-5-6-12-27(24)30/h5-21,31-32H,1-4H3,(H,35,39). The number of ether oxygens (including phenoxy) is 1. The van der Waals surface area contributed by atoms with Crippen LogP contribution >= 0.6 is 12.2 Å². The summed E-state index contributed by atoms with van der Waals surface area (Å²) in [5.41, 5.74) is 6.73. The van der Waals surface area contributed by atoms with E-state index in [4.69, 9.17) is 21.9 Å². The first kappa shape index (κ1) is 25.1. The highest BCUT2D eigenvalue weighted by Crippen LogP contribution is 2.44.